The van der Waals surface area contributed by atoms with Crippen LogP contribution in [0.15, 0.2) is 36.7 Å². The lowest BCUT2D eigenvalue weighted by atomic mass is 10.1. The molecule has 0 saturated heterocycles. The van der Waals surface area contributed by atoms with Crippen LogP contribution >= 0.6 is 0 Å². The van der Waals surface area contributed by atoms with Gasteiger partial charge in [0.25, 0.3) is 0 Å². The summed E-state index contributed by atoms with van der Waals surface area (Å²) in [6.45, 7) is 1.69. The smallest absolute Gasteiger partial charge is 0.244 e. The number of hydrogen-bond donors (Lipinski definition) is 3. The van der Waals surface area contributed by atoms with E-state index in [-0.39, 0.29) is 18.7 Å². The average molecular weight is 394 g/mol. The van der Waals surface area contributed by atoms with Crippen molar-refractivity contribution in [2.24, 2.45) is 0 Å². The molecule has 1 heterocycles. The zero-order valence-corrected chi connectivity index (χ0v) is 15.9. The SMILES string of the molecule is COc1cc2ncnc(Nc3ccc(F)c(C)c3)c2cc1C#CCCC(=O)NO. The van der Waals surface area contributed by atoms with Gasteiger partial charge in [-0.1, -0.05) is 11.8 Å². The van der Waals surface area contributed by atoms with E-state index in [1.54, 1.807) is 36.7 Å². The number of nitrogens with one attached hydrogen (secondary N) is 2. The lowest BCUT2D eigenvalue weighted by Crippen LogP contribution is -2.17. The highest BCUT2D eigenvalue weighted by Crippen LogP contribution is 2.29. The second kappa shape index (κ2) is 8.99. The molecule has 3 aromatic rings. The van der Waals surface area contributed by atoms with Gasteiger partial charge in [-0.05, 0) is 36.8 Å². The van der Waals surface area contributed by atoms with Crippen molar-refractivity contribution >= 4 is 28.3 Å². The number of carbonyl (C=O) groups excluding carboxylic acids is 1. The topological polar surface area (TPSA) is 96.4 Å². The minimum Gasteiger partial charge on any atom is -0.495 e. The van der Waals surface area contributed by atoms with Crippen molar-refractivity contribution in [2.75, 3.05) is 12.4 Å². The van der Waals surface area contributed by atoms with E-state index in [1.165, 1.54) is 19.5 Å². The number of carbonyl (C=O) groups is 1. The second-order valence-corrected chi connectivity index (χ2v) is 6.22. The maximum Gasteiger partial charge on any atom is 0.244 e. The molecule has 1 aromatic heterocycles. The fourth-order valence-corrected chi connectivity index (χ4v) is 2.70. The van der Waals surface area contributed by atoms with Gasteiger partial charge in [0.15, 0.2) is 0 Å². The minimum atomic E-state index is -0.501. The predicted octanol–water partition coefficient (Wildman–Crippen LogP) is 3.47. The third kappa shape index (κ3) is 4.78. The Morgan fingerprint density at radius 2 is 2.10 bits per heavy atom. The molecule has 1 amide bonds. The molecule has 2 aromatic carbocycles. The predicted molar refractivity (Wildman–Crippen MR) is 107 cm³/mol. The first-order valence-electron chi connectivity index (χ1n) is 8.79. The molecule has 3 rings (SSSR count). The van der Waals surface area contributed by atoms with E-state index in [9.17, 15) is 9.18 Å². The summed E-state index contributed by atoms with van der Waals surface area (Å²) in [7, 11) is 1.53. The highest BCUT2D eigenvalue weighted by Gasteiger charge is 2.10. The number of fused-ring (bicyclic) bond motifs is 1. The molecule has 0 saturated carbocycles. The van der Waals surface area contributed by atoms with E-state index < -0.39 is 5.91 Å². The summed E-state index contributed by atoms with van der Waals surface area (Å²) in [5, 5.41) is 12.4. The molecular formula is C21H19FN4O3. The Hall–Kier alpha value is -3.70. The third-order valence-electron chi connectivity index (χ3n) is 4.20. The van der Waals surface area contributed by atoms with Crippen molar-refractivity contribution in [3.05, 3.63) is 53.6 Å². The summed E-state index contributed by atoms with van der Waals surface area (Å²) in [6.07, 6.45) is 1.79. The summed E-state index contributed by atoms with van der Waals surface area (Å²) < 4.78 is 18.9. The number of nitrogens with zero attached hydrogens (tertiary/aromatic N) is 2. The molecule has 0 spiro atoms. The van der Waals surface area contributed by atoms with Gasteiger partial charge in [0.1, 0.15) is 23.7 Å². The molecule has 3 N–H and O–H groups in total. The van der Waals surface area contributed by atoms with Crippen LogP contribution in [-0.2, 0) is 4.79 Å². The van der Waals surface area contributed by atoms with Crippen molar-refractivity contribution < 1.29 is 19.1 Å². The number of methoxy groups -OCH3 is 1. The molecule has 0 unspecified atom stereocenters. The lowest BCUT2D eigenvalue weighted by molar-refractivity contribution is -0.129. The number of aryl methyl sites for hydroxylation is 1. The highest BCUT2D eigenvalue weighted by atomic mass is 19.1. The maximum absolute atomic E-state index is 13.5. The molecule has 8 heteroatoms. The summed E-state index contributed by atoms with van der Waals surface area (Å²) in [5.41, 5.74) is 4.05. The van der Waals surface area contributed by atoms with Gasteiger partial charge < -0.3 is 10.1 Å². The fraction of sp³-hybridized carbons (Fsp3) is 0.190. The van der Waals surface area contributed by atoms with Crippen LogP contribution in [0.25, 0.3) is 10.9 Å². The van der Waals surface area contributed by atoms with Crippen molar-refractivity contribution in [1.82, 2.24) is 15.4 Å². The van der Waals surface area contributed by atoms with Crippen LogP contribution in [0.2, 0.25) is 0 Å². The first kappa shape index (κ1) is 20.0. The summed E-state index contributed by atoms with van der Waals surface area (Å²) in [6, 6.07) is 8.27. The molecule has 0 bridgehead atoms. The first-order valence-corrected chi connectivity index (χ1v) is 8.79. The number of rotatable bonds is 5. The third-order valence-corrected chi connectivity index (χ3v) is 4.20. The summed E-state index contributed by atoms with van der Waals surface area (Å²) >= 11 is 0. The molecular weight excluding hydrogens is 375 g/mol. The standard InChI is InChI=1S/C21H19FN4O3/c1-13-9-15(7-8-17(13)22)25-21-16-10-14(5-3-4-6-20(27)26-28)19(29-2)11-18(16)23-12-24-21/h7-12,28H,4,6H2,1-2H3,(H,26,27)(H,23,24,25). The summed E-state index contributed by atoms with van der Waals surface area (Å²) in [4.78, 5) is 19.7. The molecule has 29 heavy (non-hydrogen) atoms. The molecule has 7 nitrogen and oxygen atoms in total. The molecule has 148 valence electrons. The van der Waals surface area contributed by atoms with Crippen LogP contribution < -0.4 is 15.5 Å². The van der Waals surface area contributed by atoms with Gasteiger partial charge in [0, 0.05) is 30.0 Å². The van der Waals surface area contributed by atoms with Crippen molar-refractivity contribution in [3.63, 3.8) is 0 Å². The number of ether oxygens (including phenoxy) is 1. The van der Waals surface area contributed by atoms with Crippen LogP contribution in [-0.4, -0.2) is 28.2 Å². The number of aromatic nitrogens is 2. The van der Waals surface area contributed by atoms with E-state index in [2.05, 4.69) is 27.1 Å². The van der Waals surface area contributed by atoms with Gasteiger partial charge in [-0.3, -0.25) is 10.0 Å². The highest BCUT2D eigenvalue weighted by molar-refractivity contribution is 5.93. The molecule has 0 aliphatic carbocycles. The largest absolute Gasteiger partial charge is 0.495 e. The van der Waals surface area contributed by atoms with Gasteiger partial charge in [0.05, 0.1) is 18.2 Å². The van der Waals surface area contributed by atoms with Crippen molar-refractivity contribution in [1.29, 1.82) is 0 Å². The summed E-state index contributed by atoms with van der Waals surface area (Å²) in [5.74, 6) is 6.17. The van der Waals surface area contributed by atoms with E-state index in [4.69, 9.17) is 9.94 Å². The normalized spacial score (nSPS) is 10.2. The van der Waals surface area contributed by atoms with Crippen molar-refractivity contribution in [2.45, 2.75) is 19.8 Å². The maximum atomic E-state index is 13.5. The number of benzene rings is 2. The number of hydroxylamine groups is 1. The first-order chi connectivity index (χ1) is 14.0. The molecule has 0 aliphatic heterocycles. The number of anilines is 2. The minimum absolute atomic E-state index is 0.0826. The molecule has 0 radical (unpaired) electrons. The van der Waals surface area contributed by atoms with Crippen LogP contribution in [0.3, 0.4) is 0 Å². The van der Waals surface area contributed by atoms with Gasteiger partial charge in [-0.25, -0.2) is 19.8 Å². The van der Waals surface area contributed by atoms with Gasteiger partial charge in [-0.15, -0.1) is 0 Å². The number of hydrogen-bond acceptors (Lipinski definition) is 6. The monoisotopic (exact) mass is 394 g/mol. The van der Waals surface area contributed by atoms with Gasteiger partial charge in [0.2, 0.25) is 5.91 Å². The zero-order valence-electron chi connectivity index (χ0n) is 15.9. The Morgan fingerprint density at radius 3 is 2.83 bits per heavy atom. The second-order valence-electron chi connectivity index (χ2n) is 6.22. The Labute approximate surface area is 166 Å². The Balaban J connectivity index is 1.96. The van der Waals surface area contributed by atoms with Crippen LogP contribution in [0, 0.1) is 24.6 Å². The van der Waals surface area contributed by atoms with E-state index in [0.29, 0.717) is 39.3 Å². The average Bonchev–Trinajstić information content (AvgIpc) is 2.73. The Kier molecular flexibility index (Phi) is 6.22. The van der Waals surface area contributed by atoms with Gasteiger partial charge >= 0.3 is 0 Å². The fourth-order valence-electron chi connectivity index (χ4n) is 2.70. The molecule has 0 atom stereocenters. The zero-order chi connectivity index (χ0) is 20.8. The van der Waals surface area contributed by atoms with Crippen LogP contribution in [0.1, 0.15) is 24.0 Å². The van der Waals surface area contributed by atoms with E-state index in [0.717, 1.165) is 0 Å². The van der Waals surface area contributed by atoms with E-state index in [1.807, 2.05) is 0 Å². The van der Waals surface area contributed by atoms with Crippen LogP contribution in [0.5, 0.6) is 5.75 Å². The van der Waals surface area contributed by atoms with Gasteiger partial charge in [-0.2, -0.15) is 0 Å². The quantitative estimate of drug-likeness (QED) is 0.348. The molecule has 0 aliphatic rings. The lowest BCUT2D eigenvalue weighted by Gasteiger charge is -2.11. The number of halogens is 1. The Bertz CT molecular complexity index is 1120. The van der Waals surface area contributed by atoms with Crippen molar-refractivity contribution in [3.8, 4) is 17.6 Å². The Morgan fingerprint density at radius 1 is 1.28 bits per heavy atom. The number of amides is 1. The van der Waals surface area contributed by atoms with Crippen LogP contribution in [0.4, 0.5) is 15.9 Å². The van der Waals surface area contributed by atoms with E-state index >= 15 is 0 Å². The molecule has 0 fully saturated rings.